The number of carbonyl (C=O) groups excluding carboxylic acids is 2. The number of alkyl halides is 4. The molecule has 12 nitrogen and oxygen atoms in total. The van der Waals surface area contributed by atoms with Crippen LogP contribution in [-0.2, 0) is 30.3 Å². The molecule has 1 saturated heterocycles. The van der Waals surface area contributed by atoms with E-state index in [1.54, 1.807) is 6.92 Å². The quantitative estimate of drug-likeness (QED) is 0.427. The minimum atomic E-state index is -4.85. The van der Waals surface area contributed by atoms with E-state index in [-0.39, 0.29) is 11.0 Å². The highest BCUT2D eigenvalue weighted by Crippen LogP contribution is 2.38. The van der Waals surface area contributed by atoms with Crippen LogP contribution in [-0.4, -0.2) is 68.8 Å². The standard InChI is InChI=1S/C19H23F4N5O7/c1-5-9(33-7(2)29)12-10(20)13(34-8(3)30)16(35-12)28-14-11(15(32-4)26-17(24)25-14)27(18(28)31)6-19(21,22)23/h9-10,12-13,16H,5-6H2,1-4H3,(H2,24,25,26)/t9-,10-,12+,13+,16+/m0/s1. The van der Waals surface area contributed by atoms with Gasteiger partial charge in [0.15, 0.2) is 29.7 Å². The number of anilines is 1. The summed E-state index contributed by atoms with van der Waals surface area (Å²) in [5.74, 6) is -2.61. The number of nitrogen functional groups attached to an aromatic ring is 1. The number of halogens is 4. The van der Waals surface area contributed by atoms with Gasteiger partial charge in [-0.2, -0.15) is 23.1 Å². The van der Waals surface area contributed by atoms with Crippen molar-refractivity contribution < 1.29 is 46.1 Å². The third-order valence-corrected chi connectivity index (χ3v) is 5.16. The molecule has 0 amide bonds. The number of esters is 2. The first-order valence-electron chi connectivity index (χ1n) is 10.3. The first-order chi connectivity index (χ1) is 16.3. The largest absolute Gasteiger partial charge is 0.479 e. The molecule has 0 unspecified atom stereocenters. The van der Waals surface area contributed by atoms with Crippen LogP contribution in [0.25, 0.3) is 11.2 Å². The molecule has 0 spiro atoms. The van der Waals surface area contributed by atoms with Gasteiger partial charge in [0.25, 0.3) is 0 Å². The molecule has 0 saturated carbocycles. The van der Waals surface area contributed by atoms with Gasteiger partial charge in [-0.25, -0.2) is 13.8 Å². The molecule has 0 aliphatic carbocycles. The lowest BCUT2D eigenvalue weighted by Gasteiger charge is -2.23. The Balaban J connectivity index is 2.26. The molecule has 3 rings (SSSR count). The molecular formula is C19H23F4N5O7. The predicted octanol–water partition coefficient (Wildman–Crippen LogP) is 1.25. The molecule has 1 aliphatic rings. The van der Waals surface area contributed by atoms with E-state index in [9.17, 15) is 27.6 Å². The summed E-state index contributed by atoms with van der Waals surface area (Å²) in [5, 5.41) is 0. The molecule has 35 heavy (non-hydrogen) atoms. The Morgan fingerprint density at radius 3 is 2.40 bits per heavy atom. The molecule has 0 bridgehead atoms. The van der Waals surface area contributed by atoms with Crippen molar-refractivity contribution in [2.45, 2.75) is 70.6 Å². The lowest BCUT2D eigenvalue weighted by Crippen LogP contribution is -2.40. The molecule has 0 radical (unpaired) electrons. The molecule has 3 heterocycles. The summed E-state index contributed by atoms with van der Waals surface area (Å²) in [6, 6.07) is 0. The van der Waals surface area contributed by atoms with Crippen molar-refractivity contribution in [1.82, 2.24) is 19.1 Å². The van der Waals surface area contributed by atoms with Crippen molar-refractivity contribution in [3.05, 3.63) is 10.5 Å². The Bertz CT molecular complexity index is 1180. The molecular weight excluding hydrogens is 486 g/mol. The van der Waals surface area contributed by atoms with Gasteiger partial charge in [0, 0.05) is 13.8 Å². The first kappa shape index (κ1) is 26.2. The third-order valence-electron chi connectivity index (χ3n) is 5.16. The van der Waals surface area contributed by atoms with E-state index < -0.39 is 84.1 Å². The van der Waals surface area contributed by atoms with Gasteiger partial charge in [-0.3, -0.25) is 14.2 Å². The van der Waals surface area contributed by atoms with Crippen LogP contribution < -0.4 is 16.2 Å². The molecule has 1 fully saturated rings. The molecule has 1 aliphatic heterocycles. The fraction of sp³-hybridized carbons (Fsp3) is 0.632. The zero-order valence-electron chi connectivity index (χ0n) is 19.0. The van der Waals surface area contributed by atoms with Gasteiger partial charge in [0.1, 0.15) is 18.8 Å². The van der Waals surface area contributed by atoms with Crippen molar-refractivity contribution in [1.29, 1.82) is 0 Å². The summed E-state index contributed by atoms with van der Waals surface area (Å²) in [6.45, 7) is 1.86. The van der Waals surface area contributed by atoms with Crippen LogP contribution in [0.4, 0.5) is 23.5 Å². The maximum atomic E-state index is 15.5. The van der Waals surface area contributed by atoms with E-state index in [0.717, 1.165) is 21.0 Å². The minimum Gasteiger partial charge on any atom is -0.479 e. The molecule has 16 heteroatoms. The van der Waals surface area contributed by atoms with Crippen LogP contribution in [0.3, 0.4) is 0 Å². The number of carbonyl (C=O) groups is 2. The number of methoxy groups -OCH3 is 1. The number of aromatic nitrogens is 4. The normalized spacial score (nSPS) is 23.3. The van der Waals surface area contributed by atoms with Gasteiger partial charge < -0.3 is 24.7 Å². The summed E-state index contributed by atoms with van der Waals surface area (Å²) in [6.07, 6.45) is -13.2. The Labute approximate surface area is 194 Å². The zero-order chi connectivity index (χ0) is 26.2. The lowest BCUT2D eigenvalue weighted by atomic mass is 10.0. The molecule has 2 aromatic rings. The van der Waals surface area contributed by atoms with Crippen LogP contribution in [0.15, 0.2) is 4.79 Å². The fourth-order valence-corrected chi connectivity index (χ4v) is 3.93. The second kappa shape index (κ2) is 9.67. The molecule has 5 atom stereocenters. The van der Waals surface area contributed by atoms with Crippen LogP contribution in [0.1, 0.15) is 33.4 Å². The topological polar surface area (TPSA) is 150 Å². The highest BCUT2D eigenvalue weighted by atomic mass is 19.4. The number of ether oxygens (including phenoxy) is 4. The second-order valence-corrected chi connectivity index (χ2v) is 7.68. The van der Waals surface area contributed by atoms with E-state index >= 15 is 4.39 Å². The number of rotatable bonds is 7. The maximum absolute atomic E-state index is 15.5. The van der Waals surface area contributed by atoms with Crippen LogP contribution in [0, 0.1) is 0 Å². The van der Waals surface area contributed by atoms with Gasteiger partial charge in [0.2, 0.25) is 11.8 Å². The number of nitrogens with zero attached hydrogens (tertiary/aromatic N) is 4. The van der Waals surface area contributed by atoms with Crippen LogP contribution >= 0.6 is 0 Å². The Hall–Kier alpha value is -3.43. The van der Waals surface area contributed by atoms with Crippen molar-refractivity contribution in [2.75, 3.05) is 12.8 Å². The first-order valence-corrected chi connectivity index (χ1v) is 10.3. The molecule has 194 valence electrons. The number of hydrogen-bond acceptors (Lipinski definition) is 10. The van der Waals surface area contributed by atoms with Gasteiger partial charge in [0.05, 0.1) is 7.11 Å². The number of hydrogen-bond donors (Lipinski definition) is 1. The number of nitrogens with two attached hydrogens (primary N) is 1. The summed E-state index contributed by atoms with van der Waals surface area (Å²) in [5.41, 5.74) is 3.36. The zero-order valence-corrected chi connectivity index (χ0v) is 19.0. The van der Waals surface area contributed by atoms with Crippen molar-refractivity contribution in [3.8, 4) is 5.88 Å². The summed E-state index contributed by atoms with van der Waals surface area (Å²) >= 11 is 0. The summed E-state index contributed by atoms with van der Waals surface area (Å²) < 4.78 is 77.1. The van der Waals surface area contributed by atoms with E-state index in [2.05, 4.69) is 9.97 Å². The average Bonchev–Trinajstić information content (AvgIpc) is 3.18. The monoisotopic (exact) mass is 509 g/mol. The Morgan fingerprint density at radius 2 is 1.89 bits per heavy atom. The SMILES string of the molecule is CC[C@H](OC(C)=O)[C@H]1O[C@@H](n2c(=O)n(CC(F)(F)F)c3c(OC)nc(N)nc32)[C@H](OC(C)=O)[C@H]1F. The number of imidazole rings is 1. The Morgan fingerprint density at radius 1 is 1.23 bits per heavy atom. The summed E-state index contributed by atoms with van der Waals surface area (Å²) in [7, 11) is 1.09. The van der Waals surface area contributed by atoms with Crippen molar-refractivity contribution in [3.63, 3.8) is 0 Å². The van der Waals surface area contributed by atoms with Gasteiger partial charge >= 0.3 is 23.8 Å². The van der Waals surface area contributed by atoms with Gasteiger partial charge in [-0.1, -0.05) is 6.92 Å². The van der Waals surface area contributed by atoms with E-state index in [4.69, 9.17) is 24.7 Å². The summed E-state index contributed by atoms with van der Waals surface area (Å²) in [4.78, 5) is 44.0. The fourth-order valence-electron chi connectivity index (χ4n) is 3.93. The van der Waals surface area contributed by atoms with E-state index in [1.807, 2.05) is 0 Å². The minimum absolute atomic E-state index is 0.0812. The second-order valence-electron chi connectivity index (χ2n) is 7.68. The van der Waals surface area contributed by atoms with Crippen molar-refractivity contribution >= 4 is 29.1 Å². The molecule has 0 aromatic carbocycles. The lowest BCUT2D eigenvalue weighted by molar-refractivity contribution is -0.159. The predicted molar refractivity (Wildman–Crippen MR) is 109 cm³/mol. The molecule has 2 aromatic heterocycles. The van der Waals surface area contributed by atoms with Crippen LogP contribution in [0.5, 0.6) is 5.88 Å². The third kappa shape index (κ3) is 5.16. The Kier molecular flexibility index (Phi) is 7.23. The smallest absolute Gasteiger partial charge is 0.406 e. The highest BCUT2D eigenvalue weighted by Gasteiger charge is 2.53. The molecule has 2 N–H and O–H groups in total. The van der Waals surface area contributed by atoms with Gasteiger partial charge in [-0.15, -0.1) is 0 Å². The maximum Gasteiger partial charge on any atom is 0.406 e. The van der Waals surface area contributed by atoms with E-state index in [1.165, 1.54) is 0 Å². The number of fused-ring (bicyclic) bond motifs is 1. The van der Waals surface area contributed by atoms with Crippen LogP contribution in [0.2, 0.25) is 0 Å². The average molecular weight is 509 g/mol. The van der Waals surface area contributed by atoms with Gasteiger partial charge in [-0.05, 0) is 6.42 Å². The van der Waals surface area contributed by atoms with Crippen molar-refractivity contribution in [2.24, 2.45) is 0 Å². The highest BCUT2D eigenvalue weighted by molar-refractivity contribution is 5.78. The van der Waals surface area contributed by atoms with E-state index in [0.29, 0.717) is 4.57 Å².